The first-order valence-electron chi connectivity index (χ1n) is 6.99. The average molecular weight is 298 g/mol. The highest BCUT2D eigenvalue weighted by molar-refractivity contribution is 5.87. The fourth-order valence-corrected chi connectivity index (χ4v) is 2.25. The summed E-state index contributed by atoms with van der Waals surface area (Å²) in [5.41, 5.74) is 3.12. The summed E-state index contributed by atoms with van der Waals surface area (Å²) in [4.78, 5) is 25.9. The molecule has 22 heavy (non-hydrogen) atoms. The quantitative estimate of drug-likeness (QED) is 0.889. The fraction of sp³-hybridized carbons (Fsp3) is 0.235. The van der Waals surface area contributed by atoms with Crippen molar-refractivity contribution >= 4 is 11.9 Å². The normalized spacial score (nSPS) is 11.7. The molecular formula is C17H18N2O3. The van der Waals surface area contributed by atoms with Crippen molar-refractivity contribution in [2.75, 3.05) is 0 Å². The molecule has 114 valence electrons. The number of hydrogen-bond donors (Lipinski definition) is 2. The van der Waals surface area contributed by atoms with E-state index in [2.05, 4.69) is 10.3 Å². The maximum Gasteiger partial charge on any atom is 0.337 e. The number of carboxylic acid groups (broad SMARTS) is 1. The van der Waals surface area contributed by atoms with E-state index in [1.54, 1.807) is 12.3 Å². The molecule has 0 saturated heterocycles. The molecule has 1 heterocycles. The molecule has 2 rings (SSSR count). The smallest absolute Gasteiger partial charge is 0.337 e. The number of amides is 1. The second kappa shape index (κ2) is 6.85. The van der Waals surface area contributed by atoms with Gasteiger partial charge in [0.1, 0.15) is 0 Å². The maximum absolute atomic E-state index is 11.1. The van der Waals surface area contributed by atoms with Crippen LogP contribution in [0.15, 0.2) is 42.7 Å². The van der Waals surface area contributed by atoms with E-state index in [0.717, 1.165) is 16.7 Å². The number of aromatic carboxylic acids is 1. The van der Waals surface area contributed by atoms with Gasteiger partial charge in [0.2, 0.25) is 5.91 Å². The Kier molecular flexibility index (Phi) is 4.88. The van der Waals surface area contributed by atoms with Gasteiger partial charge in [0.15, 0.2) is 0 Å². The standard InChI is InChI=1S/C17H18N2O3/c1-11(19-12(2)20)15-5-3-13(4-6-15)7-14-8-16(17(21)22)10-18-9-14/h3-6,8-11H,7H2,1-2H3,(H,19,20)(H,21,22). The van der Waals surface area contributed by atoms with E-state index in [1.165, 1.54) is 13.1 Å². The van der Waals surface area contributed by atoms with E-state index in [-0.39, 0.29) is 17.5 Å². The molecule has 0 spiro atoms. The van der Waals surface area contributed by atoms with Crippen LogP contribution in [0.1, 0.15) is 46.9 Å². The summed E-state index contributed by atoms with van der Waals surface area (Å²) in [6, 6.07) is 9.46. The predicted molar refractivity (Wildman–Crippen MR) is 82.7 cm³/mol. The van der Waals surface area contributed by atoms with E-state index in [9.17, 15) is 9.59 Å². The van der Waals surface area contributed by atoms with Crippen LogP contribution in [0.4, 0.5) is 0 Å². The SMILES string of the molecule is CC(=O)NC(C)c1ccc(Cc2cncc(C(=O)O)c2)cc1. The molecule has 0 saturated carbocycles. The van der Waals surface area contributed by atoms with Gasteiger partial charge in [-0.05, 0) is 36.1 Å². The molecular weight excluding hydrogens is 280 g/mol. The number of nitrogens with one attached hydrogen (secondary N) is 1. The molecule has 0 aliphatic rings. The van der Waals surface area contributed by atoms with Crippen molar-refractivity contribution in [1.82, 2.24) is 10.3 Å². The zero-order valence-electron chi connectivity index (χ0n) is 12.5. The Morgan fingerprint density at radius 2 is 1.86 bits per heavy atom. The van der Waals surface area contributed by atoms with Gasteiger partial charge in [-0.15, -0.1) is 0 Å². The van der Waals surface area contributed by atoms with E-state index < -0.39 is 5.97 Å². The molecule has 5 nitrogen and oxygen atoms in total. The summed E-state index contributed by atoms with van der Waals surface area (Å²) in [7, 11) is 0. The van der Waals surface area contributed by atoms with Crippen molar-refractivity contribution in [1.29, 1.82) is 0 Å². The minimum absolute atomic E-state index is 0.0384. The number of carbonyl (C=O) groups excluding carboxylic acids is 1. The van der Waals surface area contributed by atoms with E-state index in [4.69, 9.17) is 5.11 Å². The zero-order chi connectivity index (χ0) is 16.1. The number of aromatic nitrogens is 1. The fourth-order valence-electron chi connectivity index (χ4n) is 2.25. The van der Waals surface area contributed by atoms with Gasteiger partial charge in [-0.25, -0.2) is 4.79 Å². The number of rotatable bonds is 5. The first-order valence-corrected chi connectivity index (χ1v) is 6.99. The molecule has 0 aliphatic carbocycles. The van der Waals surface area contributed by atoms with Crippen LogP contribution < -0.4 is 5.32 Å². The van der Waals surface area contributed by atoms with E-state index in [0.29, 0.717) is 6.42 Å². The second-order valence-corrected chi connectivity index (χ2v) is 5.23. The van der Waals surface area contributed by atoms with Gasteiger partial charge in [0, 0.05) is 19.3 Å². The first-order chi connectivity index (χ1) is 10.5. The highest BCUT2D eigenvalue weighted by Gasteiger charge is 2.07. The van der Waals surface area contributed by atoms with Crippen molar-refractivity contribution < 1.29 is 14.7 Å². The summed E-state index contributed by atoms with van der Waals surface area (Å²) in [6.07, 6.45) is 3.62. The number of benzene rings is 1. The molecule has 0 fully saturated rings. The lowest BCUT2D eigenvalue weighted by atomic mass is 10.0. The van der Waals surface area contributed by atoms with Crippen LogP contribution >= 0.6 is 0 Å². The van der Waals surface area contributed by atoms with Crippen LogP contribution in [0.25, 0.3) is 0 Å². The summed E-state index contributed by atoms with van der Waals surface area (Å²) >= 11 is 0. The number of carboxylic acids is 1. The van der Waals surface area contributed by atoms with Crippen LogP contribution in [0.2, 0.25) is 0 Å². The van der Waals surface area contributed by atoms with Crippen molar-refractivity contribution in [3.05, 3.63) is 65.0 Å². The van der Waals surface area contributed by atoms with Gasteiger partial charge in [-0.3, -0.25) is 9.78 Å². The lowest BCUT2D eigenvalue weighted by Gasteiger charge is -2.13. The van der Waals surface area contributed by atoms with Gasteiger partial charge in [0.25, 0.3) is 0 Å². The van der Waals surface area contributed by atoms with Crippen LogP contribution in [-0.4, -0.2) is 22.0 Å². The van der Waals surface area contributed by atoms with E-state index >= 15 is 0 Å². The number of hydrogen-bond acceptors (Lipinski definition) is 3. The molecule has 0 aliphatic heterocycles. The summed E-state index contributed by atoms with van der Waals surface area (Å²) in [6.45, 7) is 3.42. The molecule has 1 atom stereocenters. The predicted octanol–water partition coefficient (Wildman–Crippen LogP) is 2.57. The molecule has 1 unspecified atom stereocenters. The molecule has 1 amide bonds. The Morgan fingerprint density at radius 3 is 2.45 bits per heavy atom. The van der Waals surface area contributed by atoms with Crippen molar-refractivity contribution in [3.8, 4) is 0 Å². The molecule has 2 aromatic rings. The van der Waals surface area contributed by atoms with Gasteiger partial charge in [-0.2, -0.15) is 0 Å². The summed E-state index contributed by atoms with van der Waals surface area (Å²) in [5.74, 6) is -1.04. The average Bonchev–Trinajstić information content (AvgIpc) is 2.47. The molecule has 2 N–H and O–H groups in total. The Balaban J connectivity index is 2.09. The first kappa shape index (κ1) is 15.7. The van der Waals surface area contributed by atoms with Crippen LogP contribution in [0.3, 0.4) is 0 Å². The lowest BCUT2D eigenvalue weighted by Crippen LogP contribution is -2.23. The maximum atomic E-state index is 11.1. The highest BCUT2D eigenvalue weighted by Crippen LogP contribution is 2.16. The minimum Gasteiger partial charge on any atom is -0.478 e. The topological polar surface area (TPSA) is 79.3 Å². The van der Waals surface area contributed by atoms with Gasteiger partial charge >= 0.3 is 5.97 Å². The Hall–Kier alpha value is -2.69. The Morgan fingerprint density at radius 1 is 1.18 bits per heavy atom. The molecule has 0 bridgehead atoms. The minimum atomic E-state index is -0.978. The number of pyridine rings is 1. The highest BCUT2D eigenvalue weighted by atomic mass is 16.4. The second-order valence-electron chi connectivity index (χ2n) is 5.23. The lowest BCUT2D eigenvalue weighted by molar-refractivity contribution is -0.119. The zero-order valence-corrected chi connectivity index (χ0v) is 12.5. The summed E-state index contributed by atoms with van der Waals surface area (Å²) in [5, 5.41) is 11.8. The molecule has 1 aromatic carbocycles. The third-order valence-corrected chi connectivity index (χ3v) is 3.35. The van der Waals surface area contributed by atoms with Gasteiger partial charge in [-0.1, -0.05) is 24.3 Å². The molecule has 0 radical (unpaired) electrons. The largest absolute Gasteiger partial charge is 0.478 e. The monoisotopic (exact) mass is 298 g/mol. The third-order valence-electron chi connectivity index (χ3n) is 3.35. The third kappa shape index (κ3) is 4.15. The number of carbonyl (C=O) groups is 2. The van der Waals surface area contributed by atoms with Gasteiger partial charge in [0.05, 0.1) is 11.6 Å². The van der Waals surface area contributed by atoms with Crippen molar-refractivity contribution in [2.24, 2.45) is 0 Å². The molecule has 1 aromatic heterocycles. The number of nitrogens with zero attached hydrogens (tertiary/aromatic N) is 1. The van der Waals surface area contributed by atoms with Crippen LogP contribution in [-0.2, 0) is 11.2 Å². The molecule has 5 heteroatoms. The van der Waals surface area contributed by atoms with Crippen molar-refractivity contribution in [3.63, 3.8) is 0 Å². The van der Waals surface area contributed by atoms with Gasteiger partial charge < -0.3 is 10.4 Å². The van der Waals surface area contributed by atoms with E-state index in [1.807, 2.05) is 31.2 Å². The summed E-state index contributed by atoms with van der Waals surface area (Å²) < 4.78 is 0. The Bertz CT molecular complexity index is 681. The van der Waals surface area contributed by atoms with Crippen LogP contribution in [0.5, 0.6) is 0 Å². The van der Waals surface area contributed by atoms with Crippen molar-refractivity contribution in [2.45, 2.75) is 26.3 Å². The van der Waals surface area contributed by atoms with Crippen LogP contribution in [0, 0.1) is 0 Å². The Labute approximate surface area is 129 Å².